The first-order valence-corrected chi connectivity index (χ1v) is 1.99. The van der Waals surface area contributed by atoms with Crippen molar-refractivity contribution in [3.8, 4) is 6.26 Å². The van der Waals surface area contributed by atoms with E-state index in [0.717, 1.165) is 12.2 Å². The van der Waals surface area contributed by atoms with Gasteiger partial charge in [0, 0.05) is 6.08 Å². The SMILES string of the molecule is C=CC(=O)OC#N.N=C=O. The van der Waals surface area contributed by atoms with Crippen LogP contribution in [0.1, 0.15) is 0 Å². The maximum Gasteiger partial charge on any atom is 0.345 e. The Morgan fingerprint density at radius 1 is 1.80 bits per heavy atom. The summed E-state index contributed by atoms with van der Waals surface area (Å²) in [5, 5.41) is 13.0. The third-order valence-electron chi connectivity index (χ3n) is 0.313. The molecule has 0 aromatic carbocycles. The predicted molar refractivity (Wildman–Crippen MR) is 30.3 cm³/mol. The van der Waals surface area contributed by atoms with Gasteiger partial charge in [0.1, 0.15) is 0 Å². The molecule has 0 amide bonds. The monoisotopic (exact) mass is 140 g/mol. The summed E-state index contributed by atoms with van der Waals surface area (Å²) >= 11 is 0. The van der Waals surface area contributed by atoms with Crippen LogP contribution in [0.25, 0.3) is 0 Å². The molecule has 52 valence electrons. The number of ether oxygens (including phenoxy) is 1. The topological polar surface area (TPSA) is 91.0 Å². The first-order valence-electron chi connectivity index (χ1n) is 1.99. The minimum absolute atomic E-state index is 0.720. The quantitative estimate of drug-likeness (QED) is 0.184. The fraction of sp³-hybridized carbons (Fsp3) is 0. The van der Waals surface area contributed by atoms with E-state index >= 15 is 0 Å². The lowest BCUT2D eigenvalue weighted by Crippen LogP contribution is -1.91. The highest BCUT2D eigenvalue weighted by Gasteiger charge is 1.87. The Morgan fingerprint density at radius 2 is 2.20 bits per heavy atom. The number of carbonyl (C=O) groups excluding carboxylic acids is 2. The van der Waals surface area contributed by atoms with Crippen molar-refractivity contribution in [3.05, 3.63) is 12.7 Å². The van der Waals surface area contributed by atoms with E-state index in [2.05, 4.69) is 11.3 Å². The van der Waals surface area contributed by atoms with Gasteiger partial charge in [-0.05, 0) is 0 Å². The Balaban J connectivity index is 0. The fourth-order valence-corrected chi connectivity index (χ4v) is 0.0867. The second-order valence-corrected chi connectivity index (χ2v) is 0.819. The van der Waals surface area contributed by atoms with Gasteiger partial charge in [-0.15, -0.1) is 5.26 Å². The normalized spacial score (nSPS) is 5.10. The van der Waals surface area contributed by atoms with Crippen molar-refractivity contribution in [3.63, 3.8) is 0 Å². The third-order valence-corrected chi connectivity index (χ3v) is 0.313. The van der Waals surface area contributed by atoms with Gasteiger partial charge in [0.05, 0.1) is 0 Å². The molecule has 10 heavy (non-hydrogen) atoms. The zero-order chi connectivity index (χ0) is 8.41. The molecule has 0 bridgehead atoms. The third kappa shape index (κ3) is 16.5. The lowest BCUT2D eigenvalue weighted by atomic mass is 10.7. The highest BCUT2D eigenvalue weighted by molar-refractivity contribution is 5.81. The highest BCUT2D eigenvalue weighted by atomic mass is 16.5. The minimum atomic E-state index is -0.720. The Hall–Kier alpha value is -1.92. The van der Waals surface area contributed by atoms with Crippen LogP contribution in [0.5, 0.6) is 0 Å². The van der Waals surface area contributed by atoms with Crippen molar-refractivity contribution < 1.29 is 14.3 Å². The molecule has 0 rings (SSSR count). The van der Waals surface area contributed by atoms with E-state index in [9.17, 15) is 4.79 Å². The molecule has 0 atom stereocenters. The molecular formula is C5H4N2O3. The molecule has 0 heterocycles. The Labute approximate surface area is 57.0 Å². The molecule has 5 heteroatoms. The summed E-state index contributed by atoms with van der Waals surface area (Å²) in [5.74, 6) is -0.720. The van der Waals surface area contributed by atoms with Crippen LogP contribution in [-0.4, -0.2) is 12.0 Å². The number of hydrogen-bond acceptors (Lipinski definition) is 5. The maximum absolute atomic E-state index is 9.85. The largest absolute Gasteiger partial charge is 0.347 e. The number of nitrogens with one attached hydrogen (secondary N) is 1. The van der Waals surface area contributed by atoms with Crippen LogP contribution in [0.4, 0.5) is 0 Å². The van der Waals surface area contributed by atoms with Crippen molar-refractivity contribution >= 4 is 12.0 Å². The van der Waals surface area contributed by atoms with Gasteiger partial charge >= 0.3 is 5.97 Å². The predicted octanol–water partition coefficient (Wildman–Crippen LogP) is 0.0976. The van der Waals surface area contributed by atoms with Crippen molar-refractivity contribution in [2.75, 3.05) is 0 Å². The number of isocyanates is 1. The summed E-state index contributed by atoms with van der Waals surface area (Å²) in [6.45, 7) is 3.05. The van der Waals surface area contributed by atoms with Gasteiger partial charge in [-0.2, -0.15) is 0 Å². The van der Waals surface area contributed by atoms with Gasteiger partial charge in [-0.3, -0.25) is 0 Å². The van der Waals surface area contributed by atoms with Crippen LogP contribution in [0.15, 0.2) is 12.7 Å². The van der Waals surface area contributed by atoms with E-state index in [-0.39, 0.29) is 0 Å². The van der Waals surface area contributed by atoms with Crippen LogP contribution >= 0.6 is 0 Å². The lowest BCUT2D eigenvalue weighted by molar-refractivity contribution is -0.131. The highest BCUT2D eigenvalue weighted by Crippen LogP contribution is 1.71. The van der Waals surface area contributed by atoms with Crippen LogP contribution in [0, 0.1) is 16.9 Å². The van der Waals surface area contributed by atoms with Crippen molar-refractivity contribution in [1.82, 2.24) is 0 Å². The molecule has 0 saturated carbocycles. The summed E-state index contributed by atoms with van der Waals surface area (Å²) in [6.07, 6.45) is 2.87. The second-order valence-electron chi connectivity index (χ2n) is 0.819. The van der Waals surface area contributed by atoms with Crippen LogP contribution in [0.2, 0.25) is 0 Å². The van der Waals surface area contributed by atoms with E-state index in [4.69, 9.17) is 15.5 Å². The Bertz CT molecular complexity index is 186. The molecule has 0 aromatic rings. The molecular weight excluding hydrogens is 136 g/mol. The first kappa shape index (κ1) is 11.0. The fourth-order valence-electron chi connectivity index (χ4n) is 0.0867. The van der Waals surface area contributed by atoms with E-state index < -0.39 is 5.97 Å². The number of rotatable bonds is 1. The van der Waals surface area contributed by atoms with Gasteiger partial charge in [0.2, 0.25) is 6.08 Å². The zero-order valence-corrected chi connectivity index (χ0v) is 4.96. The average Bonchev–Trinajstić information content (AvgIpc) is 1.90. The van der Waals surface area contributed by atoms with E-state index in [1.807, 2.05) is 0 Å². The smallest absolute Gasteiger partial charge is 0.345 e. The van der Waals surface area contributed by atoms with Gasteiger partial charge in [0.25, 0.3) is 6.26 Å². The molecule has 0 aliphatic carbocycles. The molecule has 0 aliphatic rings. The maximum atomic E-state index is 9.85. The second kappa shape index (κ2) is 10.1. The number of carbonyl (C=O) groups is 1. The lowest BCUT2D eigenvalue weighted by Gasteiger charge is -1.77. The first-order chi connectivity index (χ1) is 4.72. The van der Waals surface area contributed by atoms with Gasteiger partial charge in [0.15, 0.2) is 0 Å². The van der Waals surface area contributed by atoms with Crippen molar-refractivity contribution in [1.29, 1.82) is 10.7 Å². The summed E-state index contributed by atoms with van der Waals surface area (Å²) < 4.78 is 3.74. The number of esters is 1. The molecule has 0 radical (unpaired) electrons. The number of hydrogen-bond donors (Lipinski definition) is 1. The molecule has 0 aliphatic heterocycles. The molecule has 0 unspecified atom stereocenters. The van der Waals surface area contributed by atoms with Gasteiger partial charge < -0.3 is 4.74 Å². The number of nitriles is 1. The van der Waals surface area contributed by atoms with E-state index in [1.165, 1.54) is 6.26 Å². The van der Waals surface area contributed by atoms with Crippen LogP contribution in [-0.2, 0) is 14.3 Å². The average molecular weight is 140 g/mol. The van der Waals surface area contributed by atoms with Crippen LogP contribution < -0.4 is 0 Å². The Morgan fingerprint density at radius 3 is 2.30 bits per heavy atom. The molecule has 5 nitrogen and oxygen atoms in total. The number of nitrogens with zero attached hydrogens (tertiary/aromatic N) is 1. The van der Waals surface area contributed by atoms with E-state index in [0.29, 0.717) is 0 Å². The summed E-state index contributed by atoms with van der Waals surface area (Å²) in [6, 6.07) is 0. The standard InChI is InChI=1S/C4H3NO2.CHNO/c1-2-4(6)7-3-5;2-1-3/h2H,1H2;2H. The molecule has 0 aromatic heterocycles. The summed E-state index contributed by atoms with van der Waals surface area (Å²) in [4.78, 5) is 18.2. The summed E-state index contributed by atoms with van der Waals surface area (Å²) in [7, 11) is 0. The molecule has 0 fully saturated rings. The molecule has 1 N–H and O–H groups in total. The minimum Gasteiger partial charge on any atom is -0.347 e. The molecule has 0 saturated heterocycles. The van der Waals surface area contributed by atoms with Gasteiger partial charge in [-0.1, -0.05) is 6.58 Å². The molecule has 0 spiro atoms. The van der Waals surface area contributed by atoms with Crippen molar-refractivity contribution in [2.24, 2.45) is 0 Å². The van der Waals surface area contributed by atoms with E-state index in [1.54, 1.807) is 0 Å². The van der Waals surface area contributed by atoms with Gasteiger partial charge in [-0.25, -0.2) is 15.0 Å². The zero-order valence-electron chi connectivity index (χ0n) is 4.96. The summed E-state index contributed by atoms with van der Waals surface area (Å²) in [5.41, 5.74) is 0. The Kier molecular flexibility index (Phi) is 11.1. The van der Waals surface area contributed by atoms with Crippen molar-refractivity contribution in [2.45, 2.75) is 0 Å². The van der Waals surface area contributed by atoms with Crippen LogP contribution in [0.3, 0.4) is 0 Å².